The van der Waals surface area contributed by atoms with E-state index in [1.165, 1.54) is 0 Å². The van der Waals surface area contributed by atoms with E-state index in [-0.39, 0.29) is 17.3 Å². The predicted octanol–water partition coefficient (Wildman–Crippen LogP) is 7.22. The first-order valence-electron chi connectivity index (χ1n) is 15.4. The zero-order valence-electron chi connectivity index (χ0n) is 25.8. The van der Waals surface area contributed by atoms with Gasteiger partial charge in [0.15, 0.2) is 28.8 Å². The van der Waals surface area contributed by atoms with Gasteiger partial charge in [0.25, 0.3) is 0 Å². The highest BCUT2D eigenvalue weighted by molar-refractivity contribution is 6.32. The van der Waals surface area contributed by atoms with Gasteiger partial charge in [0.2, 0.25) is 0 Å². The highest BCUT2D eigenvalue weighted by Gasteiger charge is 2.71. The first-order valence-corrected chi connectivity index (χ1v) is 15.4. The second-order valence-electron chi connectivity index (χ2n) is 12.5. The number of hydrogen-bond donors (Lipinski definition) is 0. The minimum absolute atomic E-state index is 0.144. The molecule has 6 nitrogen and oxygen atoms in total. The lowest BCUT2D eigenvalue weighted by atomic mass is 9.64. The van der Waals surface area contributed by atoms with Gasteiger partial charge in [-0.05, 0) is 47.2 Å². The Balaban J connectivity index is 1.50. The Kier molecular flexibility index (Phi) is 6.96. The van der Waals surface area contributed by atoms with E-state index in [1.54, 1.807) is 44.6 Å². The van der Waals surface area contributed by atoms with Crippen LogP contribution in [0.25, 0.3) is 6.08 Å². The quantitative estimate of drug-likeness (QED) is 0.166. The number of carbonyl (C=O) groups excluding carboxylic acids is 3. The Morgan fingerprint density at radius 2 is 1.47 bits per heavy atom. The minimum Gasteiger partial charge on any atom is -0.493 e. The molecule has 0 saturated carbocycles. The SMILES string of the molecule is COc1ccc([C@H]2[C@H](C(=O)c3ccc(CC(C)C)cc3)N3c4ccccc4C=C[C@@H]3C23C(=O)c2ccccc2C3=O)cc1OC. The average Bonchev–Trinajstić information content (AvgIpc) is 3.50. The summed E-state index contributed by atoms with van der Waals surface area (Å²) in [4.78, 5) is 46.7. The van der Waals surface area contributed by atoms with Crippen molar-refractivity contribution in [1.29, 1.82) is 0 Å². The van der Waals surface area contributed by atoms with Crippen LogP contribution in [0.15, 0.2) is 97.1 Å². The first-order chi connectivity index (χ1) is 21.8. The molecule has 0 amide bonds. The zero-order chi connectivity index (χ0) is 31.5. The van der Waals surface area contributed by atoms with Crippen LogP contribution in [0.4, 0.5) is 5.69 Å². The molecule has 1 fully saturated rings. The van der Waals surface area contributed by atoms with E-state index in [0.717, 1.165) is 23.2 Å². The summed E-state index contributed by atoms with van der Waals surface area (Å²) in [6.07, 6.45) is 4.82. The van der Waals surface area contributed by atoms with E-state index in [2.05, 4.69) is 13.8 Å². The number of hydrogen-bond acceptors (Lipinski definition) is 6. The van der Waals surface area contributed by atoms with Crippen molar-refractivity contribution in [3.63, 3.8) is 0 Å². The number of carbonyl (C=O) groups is 3. The Bertz CT molecular complexity index is 1840. The summed E-state index contributed by atoms with van der Waals surface area (Å²) in [5.41, 5.74) is 3.31. The smallest absolute Gasteiger partial charge is 0.185 e. The molecule has 226 valence electrons. The maximum atomic E-state index is 15.0. The van der Waals surface area contributed by atoms with Crippen LogP contribution in [-0.2, 0) is 6.42 Å². The number of nitrogens with zero attached hydrogens (tertiary/aromatic N) is 1. The van der Waals surface area contributed by atoms with Crippen LogP contribution in [0.1, 0.15) is 67.5 Å². The third-order valence-electron chi connectivity index (χ3n) is 9.63. The molecule has 0 bridgehead atoms. The Morgan fingerprint density at radius 3 is 2.11 bits per heavy atom. The topological polar surface area (TPSA) is 72.9 Å². The number of fused-ring (bicyclic) bond motifs is 5. The van der Waals surface area contributed by atoms with Crippen LogP contribution < -0.4 is 14.4 Å². The standard InChI is InChI=1S/C39H35NO5/c1-23(2)21-24-13-15-26(16-14-24)36(41)35-34(27-17-19-31(44-3)32(22-27)45-4)39(37(42)28-10-6-7-11-29(28)38(39)43)33-20-18-25-9-5-8-12-30(25)40(33)35/h5-20,22-23,33-35H,21H2,1-4H3/t33-,34+,35-/m1/s1. The highest BCUT2D eigenvalue weighted by atomic mass is 16.5. The van der Waals surface area contributed by atoms with E-state index < -0.39 is 23.4 Å². The summed E-state index contributed by atoms with van der Waals surface area (Å²) in [5.74, 6) is -0.0243. The minimum atomic E-state index is -1.58. The molecule has 0 N–H and O–H groups in total. The average molecular weight is 598 g/mol. The molecule has 7 rings (SSSR count). The van der Waals surface area contributed by atoms with Crippen LogP contribution in [0.2, 0.25) is 0 Å². The first kappa shape index (κ1) is 28.8. The van der Waals surface area contributed by atoms with Gasteiger partial charge in [-0.25, -0.2) is 0 Å². The van der Waals surface area contributed by atoms with Crippen molar-refractivity contribution in [2.24, 2.45) is 11.3 Å². The van der Waals surface area contributed by atoms with Crippen LogP contribution in [0.5, 0.6) is 11.5 Å². The van der Waals surface area contributed by atoms with Gasteiger partial charge in [-0.3, -0.25) is 14.4 Å². The van der Waals surface area contributed by atoms with E-state index in [4.69, 9.17) is 9.47 Å². The molecule has 4 aromatic carbocycles. The maximum Gasteiger partial charge on any atom is 0.185 e. The second-order valence-corrected chi connectivity index (χ2v) is 12.5. The number of methoxy groups -OCH3 is 2. The van der Waals surface area contributed by atoms with Crippen LogP contribution in [0.3, 0.4) is 0 Å². The summed E-state index contributed by atoms with van der Waals surface area (Å²) in [6, 6.07) is 26.5. The van der Waals surface area contributed by atoms with Gasteiger partial charge in [-0.15, -0.1) is 0 Å². The van der Waals surface area contributed by atoms with Gasteiger partial charge in [-0.2, -0.15) is 0 Å². The van der Waals surface area contributed by atoms with Crippen molar-refractivity contribution in [3.8, 4) is 11.5 Å². The van der Waals surface area contributed by atoms with E-state index in [0.29, 0.717) is 39.7 Å². The fraction of sp³-hybridized carbons (Fsp3) is 0.256. The molecule has 3 atom stereocenters. The van der Waals surface area contributed by atoms with Crippen molar-refractivity contribution in [2.45, 2.75) is 38.3 Å². The second kappa shape index (κ2) is 10.9. The molecule has 6 heteroatoms. The number of ketones is 3. The highest BCUT2D eigenvalue weighted by Crippen LogP contribution is 2.61. The molecule has 2 aliphatic heterocycles. The lowest BCUT2D eigenvalue weighted by Gasteiger charge is -2.37. The predicted molar refractivity (Wildman–Crippen MR) is 175 cm³/mol. The third kappa shape index (κ3) is 4.19. The van der Waals surface area contributed by atoms with E-state index in [1.807, 2.05) is 77.7 Å². The summed E-state index contributed by atoms with van der Waals surface area (Å²) >= 11 is 0. The van der Waals surface area contributed by atoms with Crippen molar-refractivity contribution in [1.82, 2.24) is 0 Å². The Morgan fingerprint density at radius 1 is 0.822 bits per heavy atom. The fourth-order valence-corrected chi connectivity index (χ4v) is 7.78. The lowest BCUT2D eigenvalue weighted by Crippen LogP contribution is -2.48. The summed E-state index contributed by atoms with van der Waals surface area (Å²) in [7, 11) is 3.11. The third-order valence-corrected chi connectivity index (χ3v) is 9.63. The van der Waals surface area contributed by atoms with Gasteiger partial charge in [0.1, 0.15) is 11.5 Å². The van der Waals surface area contributed by atoms with Crippen molar-refractivity contribution in [2.75, 3.05) is 19.1 Å². The molecule has 1 spiro atoms. The van der Waals surface area contributed by atoms with Gasteiger partial charge < -0.3 is 14.4 Å². The van der Waals surface area contributed by atoms with Gasteiger partial charge >= 0.3 is 0 Å². The van der Waals surface area contributed by atoms with Crippen molar-refractivity contribution < 1.29 is 23.9 Å². The van der Waals surface area contributed by atoms with Gasteiger partial charge in [0.05, 0.1) is 20.3 Å². The van der Waals surface area contributed by atoms with Gasteiger partial charge in [-0.1, -0.05) is 98.8 Å². The summed E-state index contributed by atoms with van der Waals surface area (Å²) in [5, 5.41) is 0. The Labute approximate surface area is 263 Å². The van der Waals surface area contributed by atoms with Crippen molar-refractivity contribution >= 4 is 29.1 Å². The number of anilines is 1. The molecular weight excluding hydrogens is 562 g/mol. The number of benzene rings is 4. The van der Waals surface area contributed by atoms with Gasteiger partial charge in [0, 0.05) is 28.3 Å². The van der Waals surface area contributed by atoms with Crippen LogP contribution in [-0.4, -0.2) is 43.7 Å². The van der Waals surface area contributed by atoms with Crippen LogP contribution in [0, 0.1) is 11.3 Å². The number of ether oxygens (including phenoxy) is 2. The number of Topliss-reactive ketones (excluding diaryl/α,β-unsaturated/α-hetero) is 3. The normalized spacial score (nSPS) is 20.7. The molecule has 1 saturated heterocycles. The summed E-state index contributed by atoms with van der Waals surface area (Å²) in [6.45, 7) is 4.33. The molecule has 4 aromatic rings. The lowest BCUT2D eigenvalue weighted by molar-refractivity contribution is 0.0665. The zero-order valence-corrected chi connectivity index (χ0v) is 25.8. The largest absolute Gasteiger partial charge is 0.493 e. The van der Waals surface area contributed by atoms with Crippen LogP contribution >= 0.6 is 0 Å². The molecule has 0 unspecified atom stereocenters. The molecule has 1 aliphatic carbocycles. The maximum absolute atomic E-state index is 15.0. The fourth-order valence-electron chi connectivity index (χ4n) is 7.78. The molecule has 2 heterocycles. The molecule has 45 heavy (non-hydrogen) atoms. The number of para-hydroxylation sites is 1. The van der Waals surface area contributed by atoms with Crippen molar-refractivity contribution in [3.05, 3.63) is 130 Å². The number of rotatable bonds is 7. The van der Waals surface area contributed by atoms with E-state index in [9.17, 15) is 14.4 Å². The monoisotopic (exact) mass is 597 g/mol. The molecule has 0 radical (unpaired) electrons. The molecule has 3 aliphatic rings. The Hall–Kier alpha value is -4.97. The summed E-state index contributed by atoms with van der Waals surface area (Å²) < 4.78 is 11.2. The molecular formula is C39H35NO5. The molecule has 0 aromatic heterocycles. The van der Waals surface area contributed by atoms with E-state index >= 15 is 0 Å².